The predicted octanol–water partition coefficient (Wildman–Crippen LogP) is 0.505. The van der Waals surface area contributed by atoms with Crippen molar-refractivity contribution >= 4 is 9.90 Å². The Morgan fingerprint density at radius 3 is 0.600 bits per heavy atom. The van der Waals surface area contributed by atoms with Crippen LogP contribution in [0.3, 0.4) is 0 Å². The van der Waals surface area contributed by atoms with Gasteiger partial charge >= 0.3 is 46.8 Å². The average molecular weight is 254 g/mol. The molecule has 2 radical (unpaired) electrons. The van der Waals surface area contributed by atoms with Crippen LogP contribution in [0.25, 0.3) is 0 Å². The van der Waals surface area contributed by atoms with Crippen LogP contribution >= 0.6 is 9.90 Å². The molecule has 0 fully saturated rings. The van der Waals surface area contributed by atoms with Gasteiger partial charge in [0.05, 0.1) is 0 Å². The van der Waals surface area contributed by atoms with Gasteiger partial charge in [-0.15, -0.1) is 0 Å². The third kappa shape index (κ3) is 29.2. The molecule has 38 valence electrons. The minimum Gasteiger partial charge on any atom is -2.00 e. The fourth-order valence-electron chi connectivity index (χ4n) is 0. The van der Waals surface area contributed by atoms with E-state index in [9.17, 15) is 0 Å². The van der Waals surface area contributed by atoms with E-state index in [0.717, 1.165) is 0 Å². The molecule has 0 amide bonds. The van der Waals surface area contributed by atoms with Crippen molar-refractivity contribution in [3.05, 3.63) is 0 Å². The molecule has 3 nitrogen and oxygen atoms in total. The Kier molecular flexibility index (Phi) is 811. The summed E-state index contributed by atoms with van der Waals surface area (Å²) < 4.78 is 0. The summed E-state index contributed by atoms with van der Waals surface area (Å²) >= 11 is 0. The van der Waals surface area contributed by atoms with Gasteiger partial charge in [0.15, 0.2) is 0 Å². The Labute approximate surface area is 62.9 Å². The van der Waals surface area contributed by atoms with Gasteiger partial charge in [0.25, 0.3) is 0 Å². The zero-order valence-electron chi connectivity index (χ0n) is 1.93. The third-order valence-electron chi connectivity index (χ3n) is 0. The van der Waals surface area contributed by atoms with Crippen molar-refractivity contribution < 1.29 is 53.3 Å². The third-order valence-corrected chi connectivity index (χ3v) is 0. The molecule has 0 rings (SSSR count). The van der Waals surface area contributed by atoms with Crippen molar-refractivity contribution in [2.45, 2.75) is 0 Å². The van der Waals surface area contributed by atoms with E-state index in [1.165, 1.54) is 0 Å². The minimum atomic E-state index is 0. The molecule has 0 N–H and O–H groups in total. The summed E-state index contributed by atoms with van der Waals surface area (Å²) in [5, 5.41) is 0. The van der Waals surface area contributed by atoms with Crippen LogP contribution in [-0.2, 0) is 16.4 Å². The van der Waals surface area contributed by atoms with Crippen LogP contribution in [0.4, 0.5) is 0 Å². The summed E-state index contributed by atoms with van der Waals surface area (Å²) in [6, 6.07) is 0. The van der Waals surface area contributed by atoms with Crippen molar-refractivity contribution in [1.82, 2.24) is 0 Å². The smallest absolute Gasteiger partial charge is 2.00 e. The first kappa shape index (κ1) is 84.4. The predicted molar refractivity (Wildman–Crippen MR) is 8.98 cm³/mol. The van der Waals surface area contributed by atoms with Crippen LogP contribution < -0.4 is 0 Å². The fourth-order valence-corrected chi connectivity index (χ4v) is 0. The van der Waals surface area contributed by atoms with E-state index < -0.39 is 0 Å². The quantitative estimate of drug-likeness (QED) is 0.564. The topological polar surface area (TPSA) is 85.5 Å². The van der Waals surface area contributed by atoms with Gasteiger partial charge in [0, 0.05) is 0 Å². The second kappa shape index (κ2) is 48.0. The second-order valence-corrected chi connectivity index (χ2v) is 0. The Balaban J connectivity index is 0. The maximum Gasteiger partial charge on any atom is 3.00 e. The van der Waals surface area contributed by atoms with Crippen LogP contribution in [0.5, 0.6) is 0 Å². The Bertz CT molecular complexity index is 6.85. The SMILES string of the molecule is [Lu+3].[O-2].[O-2].[O-2].[P+3]. The van der Waals surface area contributed by atoms with Gasteiger partial charge < -0.3 is 16.4 Å². The zero-order chi connectivity index (χ0) is 0. The van der Waals surface area contributed by atoms with Crippen LogP contribution in [0.15, 0.2) is 0 Å². The first-order chi connectivity index (χ1) is 0. The molecule has 0 heterocycles. The normalized spacial score (nSPS) is 0. The zero-order valence-corrected chi connectivity index (χ0v) is 4.48. The molecule has 0 spiro atoms. The molecule has 0 atom stereocenters. The molecule has 0 aliphatic heterocycles. The van der Waals surface area contributed by atoms with E-state index in [-0.39, 0.29) is 63.2 Å². The van der Waals surface area contributed by atoms with Crippen LogP contribution in [-0.4, -0.2) is 0 Å². The molecule has 0 aromatic heterocycles. The van der Waals surface area contributed by atoms with Crippen LogP contribution in [0.1, 0.15) is 0 Å². The van der Waals surface area contributed by atoms with Crippen molar-refractivity contribution in [2.24, 2.45) is 0 Å². The molecule has 0 aliphatic carbocycles. The minimum absolute atomic E-state index is 0. The molecule has 5 heteroatoms. The van der Waals surface area contributed by atoms with E-state index >= 15 is 0 Å². The molecule has 0 unspecified atom stereocenters. The van der Waals surface area contributed by atoms with E-state index in [1.54, 1.807) is 0 Å². The van der Waals surface area contributed by atoms with E-state index in [1.807, 2.05) is 0 Å². The average Bonchev–Trinajstić information content (AvgIpc) is 0. The molecule has 5 heavy (non-hydrogen) atoms. The largest absolute Gasteiger partial charge is 3.00 e. The van der Waals surface area contributed by atoms with Crippen molar-refractivity contribution in [1.29, 1.82) is 0 Å². The first-order valence-electron chi connectivity index (χ1n) is 0. The monoisotopic (exact) mass is 254 g/mol. The summed E-state index contributed by atoms with van der Waals surface area (Å²) in [5.41, 5.74) is 0. The summed E-state index contributed by atoms with van der Waals surface area (Å²) in [6.45, 7) is 0. The first-order valence-corrected chi connectivity index (χ1v) is 0. The van der Waals surface area contributed by atoms with Gasteiger partial charge in [-0.05, 0) is 0 Å². The van der Waals surface area contributed by atoms with Gasteiger partial charge in [0.2, 0.25) is 0 Å². The van der Waals surface area contributed by atoms with Gasteiger partial charge in [-0.25, -0.2) is 0 Å². The number of hydrogen-bond acceptors (Lipinski definition) is 0. The van der Waals surface area contributed by atoms with Crippen LogP contribution in [0, 0.1) is 36.9 Å². The maximum absolute atomic E-state index is 0. The second-order valence-electron chi connectivity index (χ2n) is 0. The molecule has 0 saturated heterocycles. The van der Waals surface area contributed by atoms with Crippen molar-refractivity contribution in [3.8, 4) is 0 Å². The van der Waals surface area contributed by atoms with Gasteiger partial charge in [-0.3, -0.25) is 0 Å². The fraction of sp³-hybridized carbons (Fsp3) is 0. The Morgan fingerprint density at radius 1 is 0.600 bits per heavy atom. The molecule has 0 bridgehead atoms. The molecular weight excluding hydrogens is 254 g/mol. The standard InChI is InChI=1S/Lu.3O.P/q+3;3*-2;+3. The molecule has 0 saturated carbocycles. The maximum atomic E-state index is 0. The summed E-state index contributed by atoms with van der Waals surface area (Å²) in [5.74, 6) is 0. The van der Waals surface area contributed by atoms with Gasteiger partial charge in [0.1, 0.15) is 0 Å². The van der Waals surface area contributed by atoms with Gasteiger partial charge in [-0.2, -0.15) is 0 Å². The summed E-state index contributed by atoms with van der Waals surface area (Å²) in [7, 11) is 0. The van der Waals surface area contributed by atoms with E-state index in [4.69, 9.17) is 0 Å². The van der Waals surface area contributed by atoms with Crippen molar-refractivity contribution in [2.75, 3.05) is 0 Å². The molecular formula is LuO3P. The van der Waals surface area contributed by atoms with Gasteiger partial charge in [-0.1, -0.05) is 0 Å². The molecule has 0 aromatic carbocycles. The van der Waals surface area contributed by atoms with Crippen LogP contribution in [0.2, 0.25) is 0 Å². The molecule has 0 aromatic rings. The van der Waals surface area contributed by atoms with E-state index in [0.29, 0.717) is 0 Å². The molecule has 0 aliphatic rings. The van der Waals surface area contributed by atoms with E-state index in [2.05, 4.69) is 0 Å². The summed E-state index contributed by atoms with van der Waals surface area (Å²) in [4.78, 5) is 0. The number of hydrogen-bond donors (Lipinski definition) is 0. The Hall–Kier alpha value is 1.54. The summed E-state index contributed by atoms with van der Waals surface area (Å²) in [6.07, 6.45) is 0. The number of rotatable bonds is 0. The van der Waals surface area contributed by atoms with Crippen molar-refractivity contribution in [3.63, 3.8) is 0 Å². The Morgan fingerprint density at radius 2 is 0.600 bits per heavy atom.